The van der Waals surface area contributed by atoms with Gasteiger partial charge in [0.15, 0.2) is 8.32 Å². The molecule has 1 saturated heterocycles. The van der Waals surface area contributed by atoms with Gasteiger partial charge in [0.25, 0.3) is 0 Å². The highest BCUT2D eigenvalue weighted by atomic mass is 28.4. The largest absolute Gasteiger partial charge is 0.465 e. The Bertz CT molecular complexity index is 1510. The van der Waals surface area contributed by atoms with Crippen molar-refractivity contribution in [3.8, 4) is 0 Å². The number of anilines is 1. The zero-order valence-electron chi connectivity index (χ0n) is 28.1. The molecule has 8 nitrogen and oxygen atoms in total. The van der Waals surface area contributed by atoms with Gasteiger partial charge in [-0.2, -0.15) is 5.10 Å². The summed E-state index contributed by atoms with van der Waals surface area (Å²) in [5.74, 6) is -0.0679. The molecule has 0 aliphatic carbocycles. The fourth-order valence-corrected chi connectivity index (χ4v) is 8.37. The van der Waals surface area contributed by atoms with E-state index in [9.17, 15) is 14.7 Å². The number of aryl methyl sites for hydroxylation is 1. The smallest absolute Gasteiger partial charge is 0.408 e. The number of rotatable bonds is 8. The van der Waals surface area contributed by atoms with Crippen LogP contribution in [-0.2, 0) is 22.1 Å². The summed E-state index contributed by atoms with van der Waals surface area (Å²) >= 11 is 0. The van der Waals surface area contributed by atoms with Crippen molar-refractivity contribution in [3.05, 3.63) is 83.7 Å². The summed E-state index contributed by atoms with van der Waals surface area (Å²) < 4.78 is 9.09. The summed E-state index contributed by atoms with van der Waals surface area (Å²) in [6.45, 7) is 17.7. The van der Waals surface area contributed by atoms with Crippen molar-refractivity contribution in [2.45, 2.75) is 116 Å². The van der Waals surface area contributed by atoms with Crippen LogP contribution in [0.15, 0.2) is 66.9 Å². The highest BCUT2D eigenvalue weighted by Gasteiger charge is 2.61. The van der Waals surface area contributed by atoms with Crippen LogP contribution in [0.3, 0.4) is 0 Å². The van der Waals surface area contributed by atoms with Crippen LogP contribution in [0.5, 0.6) is 0 Å². The Morgan fingerprint density at radius 3 is 2.29 bits per heavy atom. The highest BCUT2D eigenvalue weighted by molar-refractivity contribution is 6.74. The number of carboxylic acid groups (broad SMARTS) is 1. The van der Waals surface area contributed by atoms with Gasteiger partial charge in [0.2, 0.25) is 5.91 Å². The molecule has 0 radical (unpaired) electrons. The summed E-state index contributed by atoms with van der Waals surface area (Å²) in [4.78, 5) is 28.1. The molecule has 3 heterocycles. The molecule has 9 heteroatoms. The molecule has 5 rings (SSSR count). The third-order valence-corrected chi connectivity index (χ3v) is 15.1. The summed E-state index contributed by atoms with van der Waals surface area (Å²) in [5, 5.41) is 18.3. The van der Waals surface area contributed by atoms with E-state index in [1.165, 1.54) is 0 Å². The van der Waals surface area contributed by atoms with E-state index >= 15 is 0 Å². The zero-order valence-corrected chi connectivity index (χ0v) is 29.1. The minimum atomic E-state index is -2.31. The molecule has 2 aromatic carbocycles. The lowest BCUT2D eigenvalue weighted by molar-refractivity contribution is -0.119. The van der Waals surface area contributed by atoms with Crippen LogP contribution in [-0.4, -0.2) is 51.7 Å². The van der Waals surface area contributed by atoms with Gasteiger partial charge in [0.05, 0.1) is 11.6 Å². The molecule has 0 unspecified atom stereocenters. The first-order chi connectivity index (χ1) is 21.0. The lowest BCUT2D eigenvalue weighted by Crippen LogP contribution is -2.63. The molecular formula is C36H50N4O4Si. The number of hydrogen-bond donors (Lipinski definition) is 2. The first-order valence-electron chi connectivity index (χ1n) is 16.2. The topological polar surface area (TPSA) is 96.7 Å². The van der Waals surface area contributed by atoms with Crippen LogP contribution in [0.25, 0.3) is 0 Å². The lowest BCUT2D eigenvalue weighted by Gasteiger charge is -2.55. The Morgan fingerprint density at radius 2 is 1.69 bits per heavy atom. The average Bonchev–Trinajstić information content (AvgIpc) is 3.68. The quantitative estimate of drug-likeness (QED) is 0.244. The maximum absolute atomic E-state index is 13.4. The van der Waals surface area contributed by atoms with Crippen molar-refractivity contribution in [2.24, 2.45) is 5.41 Å². The third-order valence-electron chi connectivity index (χ3n) is 10.6. The Labute approximate surface area is 269 Å². The van der Waals surface area contributed by atoms with Gasteiger partial charge in [-0.15, -0.1) is 0 Å². The summed E-state index contributed by atoms with van der Waals surface area (Å²) in [5.41, 5.74) is 2.68. The van der Waals surface area contributed by atoms with E-state index in [1.807, 2.05) is 53.2 Å². The van der Waals surface area contributed by atoms with E-state index in [0.717, 1.165) is 41.8 Å². The Morgan fingerprint density at radius 1 is 1.02 bits per heavy atom. The molecule has 2 amide bonds. The standard InChI is InChI=1S/C36H50N4O4Si/c1-34(2,3)36(31(26-12-10-9-11-13-26)44-45(7,8)35(4,5)6)22-20-29(39(36)33(42)43)24-25-14-16-27(17-15-25)38-32(41)30-19-18-28-21-23-37-40(28)30/h9-17,21,23,29-31H,18-20,22,24H2,1-8H3,(H,38,41)(H,42,43)/t29-,30-,31+,36-/m0/s1. The van der Waals surface area contributed by atoms with Crippen molar-refractivity contribution in [1.29, 1.82) is 0 Å². The molecule has 0 bridgehead atoms. The van der Waals surface area contributed by atoms with Crippen LogP contribution in [0.1, 0.15) is 89.8 Å². The molecule has 1 fully saturated rings. The van der Waals surface area contributed by atoms with Gasteiger partial charge in [0.1, 0.15) is 6.04 Å². The van der Waals surface area contributed by atoms with E-state index < -0.39 is 31.5 Å². The van der Waals surface area contributed by atoms with Gasteiger partial charge in [-0.3, -0.25) is 14.4 Å². The van der Waals surface area contributed by atoms with Gasteiger partial charge >= 0.3 is 6.09 Å². The van der Waals surface area contributed by atoms with Crippen LogP contribution in [0, 0.1) is 5.41 Å². The normalized spacial score (nSPS) is 22.7. The average molecular weight is 631 g/mol. The highest BCUT2D eigenvalue weighted by Crippen LogP contribution is 2.57. The molecule has 3 aromatic rings. The Hall–Kier alpha value is -3.43. The lowest BCUT2D eigenvalue weighted by atomic mass is 9.67. The van der Waals surface area contributed by atoms with Crippen molar-refractivity contribution < 1.29 is 19.1 Å². The number of benzene rings is 2. The molecule has 4 atom stereocenters. The van der Waals surface area contributed by atoms with Gasteiger partial charge in [-0.1, -0.05) is 84.0 Å². The van der Waals surface area contributed by atoms with E-state index in [2.05, 4.69) is 77.2 Å². The first-order valence-corrected chi connectivity index (χ1v) is 19.1. The number of fused-ring (bicyclic) bond motifs is 1. The van der Waals surface area contributed by atoms with Gasteiger partial charge in [0, 0.05) is 23.6 Å². The second kappa shape index (κ2) is 12.1. The van der Waals surface area contributed by atoms with Crippen molar-refractivity contribution in [1.82, 2.24) is 14.7 Å². The second-order valence-corrected chi connectivity index (χ2v) is 20.2. The Kier molecular flexibility index (Phi) is 8.83. The van der Waals surface area contributed by atoms with Crippen LogP contribution >= 0.6 is 0 Å². The molecule has 0 spiro atoms. The van der Waals surface area contributed by atoms with Crippen molar-refractivity contribution in [3.63, 3.8) is 0 Å². The number of hydrogen-bond acceptors (Lipinski definition) is 4. The predicted molar refractivity (Wildman–Crippen MR) is 181 cm³/mol. The number of aromatic nitrogens is 2. The van der Waals surface area contributed by atoms with E-state index in [0.29, 0.717) is 12.8 Å². The molecular weight excluding hydrogens is 581 g/mol. The number of likely N-dealkylation sites (tertiary alicyclic amines) is 1. The predicted octanol–water partition coefficient (Wildman–Crippen LogP) is 8.24. The summed E-state index contributed by atoms with van der Waals surface area (Å²) in [7, 11) is -2.31. The fourth-order valence-electron chi connectivity index (χ4n) is 7.10. The summed E-state index contributed by atoms with van der Waals surface area (Å²) in [6, 6.07) is 19.5. The van der Waals surface area contributed by atoms with E-state index in [4.69, 9.17) is 4.43 Å². The molecule has 2 aliphatic heterocycles. The van der Waals surface area contributed by atoms with Gasteiger partial charge in [-0.25, -0.2) is 4.79 Å². The molecule has 2 N–H and O–H groups in total. The van der Waals surface area contributed by atoms with E-state index in [1.54, 1.807) is 11.1 Å². The first kappa shape index (κ1) is 32.9. The van der Waals surface area contributed by atoms with Gasteiger partial charge < -0.3 is 14.8 Å². The molecule has 1 aromatic heterocycles. The number of carbonyl (C=O) groups is 2. The number of nitrogens with one attached hydrogen (secondary N) is 1. The minimum absolute atomic E-state index is 0.0409. The Balaban J connectivity index is 1.42. The number of amides is 2. The zero-order chi connectivity index (χ0) is 32.8. The molecule has 2 aliphatic rings. The minimum Gasteiger partial charge on any atom is -0.465 e. The van der Waals surface area contributed by atoms with E-state index in [-0.39, 0.29) is 23.0 Å². The summed E-state index contributed by atoms with van der Waals surface area (Å²) in [6.07, 6.45) is 4.03. The van der Waals surface area contributed by atoms with Crippen LogP contribution < -0.4 is 5.32 Å². The maximum Gasteiger partial charge on any atom is 0.408 e. The maximum atomic E-state index is 13.4. The molecule has 45 heavy (non-hydrogen) atoms. The fraction of sp³-hybridized carbons (Fsp3) is 0.528. The van der Waals surface area contributed by atoms with Gasteiger partial charge in [-0.05, 0) is 85.0 Å². The van der Waals surface area contributed by atoms with Crippen molar-refractivity contribution >= 4 is 26.0 Å². The molecule has 0 saturated carbocycles. The number of carbonyl (C=O) groups excluding carboxylic acids is 1. The van der Waals surface area contributed by atoms with Crippen LogP contribution in [0.4, 0.5) is 10.5 Å². The molecule has 242 valence electrons. The van der Waals surface area contributed by atoms with Crippen molar-refractivity contribution in [2.75, 3.05) is 5.32 Å². The second-order valence-electron chi connectivity index (χ2n) is 15.4. The number of nitrogens with zero attached hydrogens (tertiary/aromatic N) is 3. The van der Waals surface area contributed by atoms with Crippen LogP contribution in [0.2, 0.25) is 18.1 Å². The monoisotopic (exact) mass is 630 g/mol. The third kappa shape index (κ3) is 6.21. The SMILES string of the molecule is CC(C)(C)[C@@]1([C@H](O[Si](C)(C)C(C)(C)C)c2ccccc2)CC[C@@H](Cc2ccc(NC(=O)[C@@H]3CCc4ccnn43)cc2)N1C(=O)O.